The summed E-state index contributed by atoms with van der Waals surface area (Å²) in [4.78, 5) is 11.9. The van der Waals surface area contributed by atoms with Crippen LogP contribution < -0.4 is 5.32 Å². The van der Waals surface area contributed by atoms with E-state index in [1.165, 1.54) is 19.3 Å². The largest absolute Gasteiger partial charge is 0.351 e. The van der Waals surface area contributed by atoms with Crippen molar-refractivity contribution >= 4 is 21.8 Å². The number of hydrogen-bond donors (Lipinski definition) is 1. The lowest BCUT2D eigenvalue weighted by Crippen LogP contribution is -2.40. The number of amides is 1. The SMILES string of the molecule is CC1(CNC(=O)c2ccccc2Br)CCC1. The lowest BCUT2D eigenvalue weighted by Gasteiger charge is -2.38. The van der Waals surface area contributed by atoms with Crippen LogP contribution in [0.15, 0.2) is 28.7 Å². The third-order valence-corrected chi connectivity index (χ3v) is 4.05. The van der Waals surface area contributed by atoms with Gasteiger partial charge in [-0.25, -0.2) is 0 Å². The number of nitrogens with one attached hydrogen (secondary N) is 1. The van der Waals surface area contributed by atoms with E-state index in [9.17, 15) is 4.79 Å². The van der Waals surface area contributed by atoms with E-state index in [1.54, 1.807) is 0 Å². The summed E-state index contributed by atoms with van der Waals surface area (Å²) in [7, 11) is 0. The number of halogens is 1. The molecule has 1 saturated carbocycles. The normalized spacial score (nSPS) is 17.6. The highest BCUT2D eigenvalue weighted by Crippen LogP contribution is 2.39. The Balaban J connectivity index is 1.96. The highest BCUT2D eigenvalue weighted by molar-refractivity contribution is 9.10. The van der Waals surface area contributed by atoms with Crippen LogP contribution in [0.2, 0.25) is 0 Å². The standard InChI is InChI=1S/C13H16BrNO/c1-13(7-4-8-13)9-15-12(16)10-5-2-3-6-11(10)14/h2-3,5-6H,4,7-9H2,1H3,(H,15,16). The van der Waals surface area contributed by atoms with Gasteiger partial charge in [-0.2, -0.15) is 0 Å². The van der Waals surface area contributed by atoms with Gasteiger partial charge in [0.2, 0.25) is 0 Å². The predicted octanol–water partition coefficient (Wildman–Crippen LogP) is 3.37. The molecule has 86 valence electrons. The fraction of sp³-hybridized carbons (Fsp3) is 0.462. The minimum atomic E-state index is 0.0144. The maximum absolute atomic E-state index is 11.9. The molecule has 0 spiro atoms. The number of rotatable bonds is 3. The highest BCUT2D eigenvalue weighted by Gasteiger charge is 2.31. The van der Waals surface area contributed by atoms with Crippen molar-refractivity contribution in [2.24, 2.45) is 5.41 Å². The molecule has 1 fully saturated rings. The molecule has 16 heavy (non-hydrogen) atoms. The van der Waals surface area contributed by atoms with Crippen LogP contribution in [0.5, 0.6) is 0 Å². The number of hydrogen-bond acceptors (Lipinski definition) is 1. The third-order valence-electron chi connectivity index (χ3n) is 3.35. The van der Waals surface area contributed by atoms with E-state index in [1.807, 2.05) is 24.3 Å². The molecule has 0 saturated heterocycles. The van der Waals surface area contributed by atoms with Crippen LogP contribution >= 0.6 is 15.9 Å². The summed E-state index contributed by atoms with van der Waals surface area (Å²) < 4.78 is 0.853. The zero-order valence-corrected chi connectivity index (χ0v) is 11.0. The predicted molar refractivity (Wildman–Crippen MR) is 68.4 cm³/mol. The van der Waals surface area contributed by atoms with Gasteiger partial charge in [0.15, 0.2) is 0 Å². The van der Waals surface area contributed by atoms with Crippen molar-refractivity contribution < 1.29 is 4.79 Å². The molecular weight excluding hydrogens is 266 g/mol. The molecule has 0 bridgehead atoms. The van der Waals surface area contributed by atoms with E-state index < -0.39 is 0 Å². The summed E-state index contributed by atoms with van der Waals surface area (Å²) >= 11 is 3.39. The van der Waals surface area contributed by atoms with Gasteiger partial charge in [0.05, 0.1) is 5.56 Å². The van der Waals surface area contributed by atoms with E-state index in [0.717, 1.165) is 11.0 Å². The number of carbonyl (C=O) groups is 1. The monoisotopic (exact) mass is 281 g/mol. The van der Waals surface area contributed by atoms with Crippen molar-refractivity contribution in [2.75, 3.05) is 6.54 Å². The molecule has 2 nitrogen and oxygen atoms in total. The molecular formula is C13H16BrNO. The summed E-state index contributed by atoms with van der Waals surface area (Å²) in [5.74, 6) is 0.0144. The average Bonchev–Trinajstić information content (AvgIpc) is 2.24. The second-order valence-electron chi connectivity index (χ2n) is 4.83. The molecule has 0 unspecified atom stereocenters. The van der Waals surface area contributed by atoms with Gasteiger partial charge in [-0.05, 0) is 46.3 Å². The summed E-state index contributed by atoms with van der Waals surface area (Å²) in [6.45, 7) is 3.02. The van der Waals surface area contributed by atoms with Crippen LogP contribution in [0.3, 0.4) is 0 Å². The Hall–Kier alpha value is -0.830. The second-order valence-corrected chi connectivity index (χ2v) is 5.68. The van der Waals surface area contributed by atoms with E-state index in [2.05, 4.69) is 28.2 Å². The number of carbonyl (C=O) groups excluding carboxylic acids is 1. The van der Waals surface area contributed by atoms with Crippen molar-refractivity contribution in [1.29, 1.82) is 0 Å². The zero-order valence-electron chi connectivity index (χ0n) is 9.42. The van der Waals surface area contributed by atoms with Crippen LogP contribution in [0, 0.1) is 5.41 Å². The van der Waals surface area contributed by atoms with Crippen LogP contribution in [0.4, 0.5) is 0 Å². The molecule has 1 aromatic rings. The first-order valence-corrected chi connectivity index (χ1v) is 6.43. The molecule has 1 N–H and O–H groups in total. The summed E-state index contributed by atoms with van der Waals surface area (Å²) in [5, 5.41) is 3.01. The summed E-state index contributed by atoms with van der Waals surface area (Å²) in [6, 6.07) is 7.52. The van der Waals surface area contributed by atoms with E-state index in [0.29, 0.717) is 11.0 Å². The first-order chi connectivity index (χ1) is 7.61. The van der Waals surface area contributed by atoms with Crippen molar-refractivity contribution in [2.45, 2.75) is 26.2 Å². The topological polar surface area (TPSA) is 29.1 Å². The van der Waals surface area contributed by atoms with Crippen molar-refractivity contribution in [1.82, 2.24) is 5.32 Å². The lowest BCUT2D eigenvalue weighted by atomic mass is 9.70. The minimum Gasteiger partial charge on any atom is -0.351 e. The fourth-order valence-corrected chi connectivity index (χ4v) is 2.46. The fourth-order valence-electron chi connectivity index (χ4n) is 1.99. The molecule has 1 aromatic carbocycles. The first-order valence-electron chi connectivity index (χ1n) is 5.63. The van der Waals surface area contributed by atoms with E-state index in [4.69, 9.17) is 0 Å². The van der Waals surface area contributed by atoms with Gasteiger partial charge < -0.3 is 5.32 Å². The van der Waals surface area contributed by atoms with Crippen LogP contribution in [-0.2, 0) is 0 Å². The van der Waals surface area contributed by atoms with Crippen LogP contribution in [0.1, 0.15) is 36.5 Å². The Kier molecular flexibility index (Phi) is 3.33. The van der Waals surface area contributed by atoms with Gasteiger partial charge >= 0.3 is 0 Å². The van der Waals surface area contributed by atoms with Gasteiger partial charge in [0.1, 0.15) is 0 Å². The molecule has 0 aromatic heterocycles. The summed E-state index contributed by atoms with van der Waals surface area (Å²) in [5.41, 5.74) is 1.04. The Labute approximate surface area is 105 Å². The highest BCUT2D eigenvalue weighted by atomic mass is 79.9. The second kappa shape index (κ2) is 4.58. The molecule has 1 aliphatic carbocycles. The minimum absolute atomic E-state index is 0.0144. The Bertz CT molecular complexity index is 399. The maximum atomic E-state index is 11.9. The summed E-state index contributed by atoms with van der Waals surface area (Å²) in [6.07, 6.45) is 3.74. The van der Waals surface area contributed by atoms with Gasteiger partial charge in [-0.3, -0.25) is 4.79 Å². The lowest BCUT2D eigenvalue weighted by molar-refractivity contribution is 0.0890. The van der Waals surface area contributed by atoms with Gasteiger partial charge in [0, 0.05) is 11.0 Å². The Morgan fingerprint density at radius 1 is 1.44 bits per heavy atom. The Morgan fingerprint density at radius 2 is 2.12 bits per heavy atom. The first kappa shape index (κ1) is 11.6. The van der Waals surface area contributed by atoms with E-state index >= 15 is 0 Å². The van der Waals surface area contributed by atoms with Gasteiger partial charge in [-0.1, -0.05) is 25.5 Å². The maximum Gasteiger partial charge on any atom is 0.252 e. The van der Waals surface area contributed by atoms with E-state index in [-0.39, 0.29) is 5.91 Å². The molecule has 0 atom stereocenters. The molecule has 1 amide bonds. The molecule has 0 heterocycles. The van der Waals surface area contributed by atoms with Crippen LogP contribution in [-0.4, -0.2) is 12.5 Å². The molecule has 1 aliphatic rings. The molecule has 3 heteroatoms. The van der Waals surface area contributed by atoms with Gasteiger partial charge in [0.25, 0.3) is 5.91 Å². The third kappa shape index (κ3) is 2.46. The average molecular weight is 282 g/mol. The van der Waals surface area contributed by atoms with Crippen molar-refractivity contribution in [3.8, 4) is 0 Å². The van der Waals surface area contributed by atoms with Gasteiger partial charge in [-0.15, -0.1) is 0 Å². The molecule has 0 aliphatic heterocycles. The molecule has 2 rings (SSSR count). The van der Waals surface area contributed by atoms with Crippen LogP contribution in [0.25, 0.3) is 0 Å². The van der Waals surface area contributed by atoms with Crippen molar-refractivity contribution in [3.63, 3.8) is 0 Å². The smallest absolute Gasteiger partial charge is 0.252 e. The zero-order chi connectivity index (χ0) is 11.6. The van der Waals surface area contributed by atoms with Crippen molar-refractivity contribution in [3.05, 3.63) is 34.3 Å². The number of benzene rings is 1. The quantitative estimate of drug-likeness (QED) is 0.904. The molecule has 0 radical (unpaired) electrons. The Morgan fingerprint density at radius 3 is 2.69 bits per heavy atom.